The number of hydrogen-bond donors (Lipinski definition) is 0. The summed E-state index contributed by atoms with van der Waals surface area (Å²) in [4.78, 5) is 0. The third-order valence-electron chi connectivity index (χ3n) is 4.35. The van der Waals surface area contributed by atoms with Gasteiger partial charge in [-0.1, -0.05) is 0 Å². The van der Waals surface area contributed by atoms with Crippen molar-refractivity contribution in [3.8, 4) is 22.6 Å². The second kappa shape index (κ2) is 7.61. The van der Waals surface area contributed by atoms with Crippen molar-refractivity contribution in [2.45, 2.75) is 0 Å². The van der Waals surface area contributed by atoms with Gasteiger partial charge in [-0.25, -0.2) is 0 Å². The quantitative estimate of drug-likeness (QED) is 0.369. The maximum atomic E-state index is 11.3. The molecule has 1 unspecified atom stereocenters. The van der Waals surface area contributed by atoms with E-state index in [9.17, 15) is 17.0 Å². The van der Waals surface area contributed by atoms with Gasteiger partial charge in [0.25, 0.3) is 0 Å². The second-order valence-electron chi connectivity index (χ2n) is 5.89. The standard InChI is InChI=1S/C20H12O6S2/c21-27(22)25-17-11-9-13-5-1-3-7-15(13)19(17)20-16-8-4-2-6-14(16)10-12-18(20)26-28(23)24/h1-12H. The predicted octanol–water partition coefficient (Wildman–Crippen LogP) is 4.22. The molecular formula is C20H12O6S2. The van der Waals surface area contributed by atoms with Crippen molar-refractivity contribution in [1.82, 2.24) is 0 Å². The zero-order chi connectivity index (χ0) is 19.7. The van der Waals surface area contributed by atoms with Gasteiger partial charge in [-0.2, -0.15) is 0 Å². The molecule has 1 atom stereocenters. The van der Waals surface area contributed by atoms with Crippen LogP contribution in [-0.4, -0.2) is 13.0 Å². The summed E-state index contributed by atoms with van der Waals surface area (Å²) in [5, 5.41) is 3.07. The molecule has 0 N–H and O–H groups in total. The Bertz CT molecular complexity index is 1360. The van der Waals surface area contributed by atoms with Crippen LogP contribution >= 0.6 is 0 Å². The molecule has 0 aliphatic rings. The van der Waals surface area contributed by atoms with E-state index < -0.39 is 22.2 Å². The molecule has 4 aromatic carbocycles. The predicted molar refractivity (Wildman–Crippen MR) is 106 cm³/mol. The molecule has 0 amide bonds. The van der Waals surface area contributed by atoms with Gasteiger partial charge in [-0.3, -0.25) is 0 Å². The first-order valence-corrected chi connectivity index (χ1v) is 10.1. The molecule has 4 rings (SSSR count). The van der Waals surface area contributed by atoms with E-state index in [1.54, 1.807) is 24.3 Å². The van der Waals surface area contributed by atoms with Gasteiger partial charge in [-0.05, 0) is 0 Å². The molecule has 0 saturated heterocycles. The third-order valence-corrected chi connectivity index (χ3v) is 4.98. The molecular weight excluding hydrogens is 400 g/mol. The molecule has 0 aromatic heterocycles. The summed E-state index contributed by atoms with van der Waals surface area (Å²) in [5.74, 6) is 0.148. The Kier molecular flexibility index (Phi) is 5.01. The molecule has 0 bridgehead atoms. The van der Waals surface area contributed by atoms with Crippen molar-refractivity contribution in [2.75, 3.05) is 0 Å². The summed E-state index contributed by atoms with van der Waals surface area (Å²) in [5.41, 5.74) is 0.860. The van der Waals surface area contributed by atoms with Crippen molar-refractivity contribution >= 4 is 43.7 Å². The van der Waals surface area contributed by atoms with E-state index in [2.05, 4.69) is 0 Å². The fourth-order valence-corrected chi connectivity index (χ4v) is 3.88. The summed E-state index contributed by atoms with van der Waals surface area (Å²) in [6.07, 6.45) is 0. The van der Waals surface area contributed by atoms with Gasteiger partial charge in [0.2, 0.25) is 0 Å². The van der Waals surface area contributed by atoms with Crippen LogP contribution in [0.15, 0.2) is 72.8 Å². The van der Waals surface area contributed by atoms with Gasteiger partial charge < -0.3 is 0 Å². The molecule has 0 spiro atoms. The van der Waals surface area contributed by atoms with Crippen LogP contribution in [0.25, 0.3) is 32.7 Å². The average Bonchev–Trinajstić information content (AvgIpc) is 2.67. The van der Waals surface area contributed by atoms with Gasteiger partial charge in [0.15, 0.2) is 0 Å². The SMILES string of the molecule is O=S([O-])Oc1ccc2ccccc2c1-c1c(OS(=O)#[O+])ccc2ccccc12. The maximum absolute atomic E-state index is 11.3. The number of rotatable bonds is 4. The van der Waals surface area contributed by atoms with E-state index in [1.807, 2.05) is 36.4 Å². The third kappa shape index (κ3) is 3.46. The minimum atomic E-state index is -2.81. The van der Waals surface area contributed by atoms with E-state index >= 15 is 0 Å². The topological polar surface area (TPSA) is 95.6 Å². The Morgan fingerprint density at radius 1 is 0.679 bits per heavy atom. The fraction of sp³-hybridized carbons (Fsp3) is 0. The Morgan fingerprint density at radius 3 is 1.61 bits per heavy atom. The first-order chi connectivity index (χ1) is 13.5. The molecule has 0 saturated carbocycles. The summed E-state index contributed by atoms with van der Waals surface area (Å²) in [6, 6.07) is 21.2. The number of hydrogen-bond acceptors (Lipinski definition) is 5. The molecule has 0 aliphatic heterocycles. The van der Waals surface area contributed by atoms with Crippen LogP contribution < -0.4 is 8.37 Å². The van der Waals surface area contributed by atoms with Crippen LogP contribution in [0.4, 0.5) is 0 Å². The Hall–Kier alpha value is -2.91. The zero-order valence-electron chi connectivity index (χ0n) is 14.2. The van der Waals surface area contributed by atoms with Crippen LogP contribution in [0.2, 0.25) is 0 Å². The second-order valence-corrected chi connectivity index (χ2v) is 7.04. The van der Waals surface area contributed by atoms with Gasteiger partial charge >= 0.3 is 165 Å². The number of benzene rings is 4. The van der Waals surface area contributed by atoms with Crippen molar-refractivity contribution < 1.29 is 25.4 Å². The number of fused-ring (bicyclic) bond motifs is 2. The Morgan fingerprint density at radius 2 is 1.14 bits per heavy atom. The van der Waals surface area contributed by atoms with Crippen LogP contribution in [0, 0.1) is 0 Å². The molecule has 0 heterocycles. The molecule has 28 heavy (non-hydrogen) atoms. The first-order valence-electron chi connectivity index (χ1n) is 8.13. The van der Waals surface area contributed by atoms with Crippen LogP contribution in [0.1, 0.15) is 0 Å². The van der Waals surface area contributed by atoms with Crippen molar-refractivity contribution in [3.63, 3.8) is 0 Å². The summed E-state index contributed by atoms with van der Waals surface area (Å²) in [6.45, 7) is 0. The molecule has 8 heteroatoms. The summed E-state index contributed by atoms with van der Waals surface area (Å²) >= 11 is -2.81. The van der Waals surface area contributed by atoms with E-state index in [0.717, 1.165) is 10.8 Å². The Balaban J connectivity index is 2.18. The van der Waals surface area contributed by atoms with Crippen LogP contribution in [-0.2, 0) is 26.2 Å². The molecule has 0 fully saturated rings. The first kappa shape index (κ1) is 18.5. The Labute approximate surface area is 164 Å². The van der Waals surface area contributed by atoms with Crippen LogP contribution in [0.5, 0.6) is 11.5 Å². The minimum absolute atomic E-state index is 0.0740. The van der Waals surface area contributed by atoms with Crippen molar-refractivity contribution in [2.24, 2.45) is 0 Å². The molecule has 140 valence electrons. The van der Waals surface area contributed by atoms with Gasteiger partial charge in [0, 0.05) is 0 Å². The van der Waals surface area contributed by atoms with Gasteiger partial charge in [0.05, 0.1) is 0 Å². The van der Waals surface area contributed by atoms with E-state index in [4.69, 9.17) is 8.37 Å². The van der Waals surface area contributed by atoms with Gasteiger partial charge in [0.1, 0.15) is 0 Å². The van der Waals surface area contributed by atoms with E-state index in [-0.39, 0.29) is 11.5 Å². The zero-order valence-corrected chi connectivity index (χ0v) is 15.8. The average molecular weight is 412 g/mol. The molecule has 0 radical (unpaired) electrons. The summed E-state index contributed by atoms with van der Waals surface area (Å²) in [7, 11) is -2.81. The van der Waals surface area contributed by atoms with Crippen molar-refractivity contribution in [3.05, 3.63) is 72.8 Å². The fourth-order valence-electron chi connectivity index (χ4n) is 3.30. The normalized spacial score (nSPS) is 12.0. The molecule has 4 aromatic rings. The van der Waals surface area contributed by atoms with Crippen LogP contribution in [0.3, 0.4) is 0 Å². The molecule has 6 nitrogen and oxygen atoms in total. The summed E-state index contributed by atoms with van der Waals surface area (Å²) < 4.78 is 55.1. The van der Waals surface area contributed by atoms with Gasteiger partial charge in [-0.15, -0.1) is 0 Å². The van der Waals surface area contributed by atoms with Crippen molar-refractivity contribution in [1.29, 1.82) is 0 Å². The van der Waals surface area contributed by atoms with E-state index in [1.165, 1.54) is 12.1 Å². The molecule has 0 aliphatic carbocycles. The van der Waals surface area contributed by atoms with E-state index in [0.29, 0.717) is 21.9 Å². The monoisotopic (exact) mass is 412 g/mol.